The zero-order valence-corrected chi connectivity index (χ0v) is 13.7. The summed E-state index contributed by atoms with van der Waals surface area (Å²) in [6.07, 6.45) is 4.18. The quantitative estimate of drug-likeness (QED) is 0.836. The van der Waals surface area contributed by atoms with E-state index in [4.69, 9.17) is 0 Å². The molecule has 2 amide bonds. The number of piperidine rings is 1. The highest BCUT2D eigenvalue weighted by atomic mass is 32.2. The van der Waals surface area contributed by atoms with Crippen LogP contribution < -0.4 is 5.32 Å². The van der Waals surface area contributed by atoms with Gasteiger partial charge < -0.3 is 15.3 Å². The van der Waals surface area contributed by atoms with Gasteiger partial charge in [0.25, 0.3) is 0 Å². The number of aliphatic carboxylic acids is 1. The Morgan fingerprint density at radius 2 is 2.10 bits per heavy atom. The Kier molecular flexibility index (Phi) is 5.41. The fourth-order valence-corrected chi connectivity index (χ4v) is 4.24. The van der Waals surface area contributed by atoms with Crippen LogP contribution in [-0.4, -0.2) is 52.6 Å². The van der Waals surface area contributed by atoms with Crippen LogP contribution in [0.2, 0.25) is 0 Å². The number of carbonyl (C=O) groups excluding carboxylic acids is 1. The number of rotatable bonds is 4. The number of hydrogen-bond acceptors (Lipinski definition) is 3. The summed E-state index contributed by atoms with van der Waals surface area (Å²) in [5, 5.41) is 12.9. The minimum Gasteiger partial charge on any atom is -0.481 e. The molecule has 0 aromatic rings. The van der Waals surface area contributed by atoms with Crippen LogP contribution in [0.25, 0.3) is 0 Å². The second-order valence-corrected chi connectivity index (χ2v) is 8.04. The lowest BCUT2D eigenvalue weighted by atomic mass is 9.74. The molecule has 2 aliphatic rings. The smallest absolute Gasteiger partial charge is 0.317 e. The zero-order valence-electron chi connectivity index (χ0n) is 12.9. The summed E-state index contributed by atoms with van der Waals surface area (Å²) in [5.74, 6) is 0.437. The molecular weight excluding hydrogens is 288 g/mol. The van der Waals surface area contributed by atoms with Crippen molar-refractivity contribution in [3.8, 4) is 0 Å². The summed E-state index contributed by atoms with van der Waals surface area (Å²) in [7, 11) is 0. The summed E-state index contributed by atoms with van der Waals surface area (Å²) in [5.41, 5.74) is -0.778. The van der Waals surface area contributed by atoms with Crippen molar-refractivity contribution in [2.75, 3.05) is 25.4 Å². The van der Waals surface area contributed by atoms with Gasteiger partial charge in [-0.15, -0.1) is 0 Å². The number of carbonyl (C=O) groups is 2. The van der Waals surface area contributed by atoms with E-state index in [9.17, 15) is 14.7 Å². The number of amides is 2. The maximum absolute atomic E-state index is 12.3. The molecular formula is C15H26N2O3S. The van der Waals surface area contributed by atoms with Gasteiger partial charge in [0, 0.05) is 24.9 Å². The molecule has 2 rings (SSSR count). The highest BCUT2D eigenvalue weighted by molar-refractivity contribution is 8.00. The highest BCUT2D eigenvalue weighted by Crippen LogP contribution is 2.34. The first-order valence-corrected chi connectivity index (χ1v) is 8.84. The minimum atomic E-state index is -0.780. The fraction of sp³-hybridized carbons (Fsp3) is 0.867. The van der Waals surface area contributed by atoms with Gasteiger partial charge >= 0.3 is 12.0 Å². The molecule has 2 N–H and O–H groups in total. The van der Waals surface area contributed by atoms with Crippen molar-refractivity contribution in [3.05, 3.63) is 0 Å². The van der Waals surface area contributed by atoms with E-state index in [1.165, 1.54) is 18.6 Å². The SMILES string of the molecule is CC(C)(C(=O)O)C1CCCN(C(=O)NCC2CCCS2)C1. The second kappa shape index (κ2) is 6.90. The van der Waals surface area contributed by atoms with Gasteiger partial charge in [-0.2, -0.15) is 11.8 Å². The number of nitrogens with one attached hydrogen (secondary N) is 1. The third-order valence-electron chi connectivity index (χ3n) is 4.79. The molecule has 5 nitrogen and oxygen atoms in total. The predicted molar refractivity (Wildman–Crippen MR) is 84.6 cm³/mol. The Balaban J connectivity index is 1.85. The zero-order chi connectivity index (χ0) is 15.5. The molecule has 0 spiro atoms. The van der Waals surface area contributed by atoms with E-state index in [-0.39, 0.29) is 11.9 Å². The van der Waals surface area contributed by atoms with E-state index in [1.807, 2.05) is 11.8 Å². The van der Waals surface area contributed by atoms with Crippen molar-refractivity contribution in [1.29, 1.82) is 0 Å². The van der Waals surface area contributed by atoms with Crippen molar-refractivity contribution < 1.29 is 14.7 Å². The highest BCUT2D eigenvalue weighted by Gasteiger charge is 2.40. The number of carboxylic acids is 1. The van der Waals surface area contributed by atoms with Gasteiger partial charge in [-0.05, 0) is 51.2 Å². The van der Waals surface area contributed by atoms with Gasteiger partial charge in [0.05, 0.1) is 5.41 Å². The number of nitrogens with zero attached hydrogens (tertiary/aromatic N) is 1. The van der Waals surface area contributed by atoms with Gasteiger partial charge in [-0.1, -0.05) is 0 Å². The van der Waals surface area contributed by atoms with Crippen LogP contribution in [0.15, 0.2) is 0 Å². The van der Waals surface area contributed by atoms with Crippen LogP contribution in [-0.2, 0) is 4.79 Å². The number of hydrogen-bond donors (Lipinski definition) is 2. The standard InChI is InChI=1S/C15H26N2O3S/c1-15(2,13(18)19)11-5-3-7-17(10-11)14(20)16-9-12-6-4-8-21-12/h11-12H,3-10H2,1-2H3,(H,16,20)(H,18,19). The van der Waals surface area contributed by atoms with E-state index in [0.717, 1.165) is 25.9 Å². The van der Waals surface area contributed by atoms with E-state index in [0.29, 0.717) is 11.8 Å². The molecule has 2 saturated heterocycles. The van der Waals surface area contributed by atoms with E-state index < -0.39 is 11.4 Å². The fourth-order valence-electron chi connectivity index (χ4n) is 3.04. The molecule has 2 heterocycles. The van der Waals surface area contributed by atoms with Gasteiger partial charge in [0.1, 0.15) is 0 Å². The van der Waals surface area contributed by atoms with Gasteiger partial charge in [0.2, 0.25) is 0 Å². The molecule has 2 atom stereocenters. The molecule has 0 aliphatic carbocycles. The first-order chi connectivity index (χ1) is 9.91. The molecule has 120 valence electrons. The van der Waals surface area contributed by atoms with E-state index in [1.54, 1.807) is 18.7 Å². The van der Waals surface area contributed by atoms with Crippen molar-refractivity contribution in [2.24, 2.45) is 11.3 Å². The Labute approximate surface area is 130 Å². The van der Waals surface area contributed by atoms with Crippen LogP contribution >= 0.6 is 11.8 Å². The third-order valence-corrected chi connectivity index (χ3v) is 6.18. The molecule has 2 aliphatic heterocycles. The summed E-state index contributed by atoms with van der Waals surface area (Å²) in [6, 6.07) is -0.0339. The summed E-state index contributed by atoms with van der Waals surface area (Å²) >= 11 is 1.93. The van der Waals surface area contributed by atoms with Crippen molar-refractivity contribution in [1.82, 2.24) is 10.2 Å². The monoisotopic (exact) mass is 314 g/mol. The Morgan fingerprint density at radius 1 is 1.33 bits per heavy atom. The number of likely N-dealkylation sites (tertiary alicyclic amines) is 1. The first kappa shape index (κ1) is 16.5. The number of urea groups is 1. The second-order valence-electron chi connectivity index (χ2n) is 6.63. The number of thioether (sulfide) groups is 1. The summed E-state index contributed by atoms with van der Waals surface area (Å²) < 4.78 is 0. The Hall–Kier alpha value is -0.910. The van der Waals surface area contributed by atoms with Crippen molar-refractivity contribution >= 4 is 23.8 Å². The lowest BCUT2D eigenvalue weighted by Crippen LogP contribution is -2.50. The van der Waals surface area contributed by atoms with Crippen LogP contribution in [0.4, 0.5) is 4.79 Å². The average molecular weight is 314 g/mol. The van der Waals surface area contributed by atoms with E-state index >= 15 is 0 Å². The van der Waals surface area contributed by atoms with Crippen LogP contribution in [0.3, 0.4) is 0 Å². The third kappa shape index (κ3) is 4.05. The topological polar surface area (TPSA) is 69.6 Å². The maximum Gasteiger partial charge on any atom is 0.317 e. The van der Waals surface area contributed by atoms with E-state index in [2.05, 4.69) is 5.32 Å². The Morgan fingerprint density at radius 3 is 2.71 bits per heavy atom. The lowest BCUT2D eigenvalue weighted by Gasteiger charge is -2.39. The molecule has 0 saturated carbocycles. The van der Waals surface area contributed by atoms with Crippen LogP contribution in [0.5, 0.6) is 0 Å². The molecule has 2 unspecified atom stereocenters. The Bertz CT molecular complexity index is 394. The van der Waals surface area contributed by atoms with Crippen LogP contribution in [0.1, 0.15) is 39.5 Å². The molecule has 0 aromatic carbocycles. The summed E-state index contributed by atoms with van der Waals surface area (Å²) in [6.45, 7) is 5.53. The first-order valence-electron chi connectivity index (χ1n) is 7.79. The van der Waals surface area contributed by atoms with Gasteiger partial charge in [-0.25, -0.2) is 4.79 Å². The van der Waals surface area contributed by atoms with Gasteiger partial charge in [-0.3, -0.25) is 4.79 Å². The molecule has 6 heteroatoms. The molecule has 2 fully saturated rings. The molecule has 21 heavy (non-hydrogen) atoms. The van der Waals surface area contributed by atoms with Crippen molar-refractivity contribution in [3.63, 3.8) is 0 Å². The van der Waals surface area contributed by atoms with Crippen molar-refractivity contribution in [2.45, 2.75) is 44.8 Å². The largest absolute Gasteiger partial charge is 0.481 e. The minimum absolute atomic E-state index is 0.0235. The normalized spacial score (nSPS) is 26.7. The predicted octanol–water partition coefficient (Wildman–Crippen LogP) is 2.41. The van der Waals surface area contributed by atoms with Gasteiger partial charge in [0.15, 0.2) is 0 Å². The molecule has 0 aromatic heterocycles. The summed E-state index contributed by atoms with van der Waals surface area (Å²) in [4.78, 5) is 25.4. The average Bonchev–Trinajstić information content (AvgIpc) is 2.98. The molecule has 0 bridgehead atoms. The van der Waals surface area contributed by atoms with Crippen LogP contribution in [0, 0.1) is 11.3 Å². The molecule has 0 radical (unpaired) electrons. The number of carboxylic acid groups (broad SMARTS) is 1. The lowest BCUT2D eigenvalue weighted by molar-refractivity contribution is -0.151. The maximum atomic E-state index is 12.3.